The van der Waals surface area contributed by atoms with Crippen LogP contribution in [0.25, 0.3) is 0 Å². The molecule has 6 nitrogen and oxygen atoms in total. The van der Waals surface area contributed by atoms with Crippen LogP contribution in [0.4, 0.5) is 14.5 Å². The maximum absolute atomic E-state index is 14.6. The van der Waals surface area contributed by atoms with Crippen molar-refractivity contribution in [1.82, 2.24) is 10.2 Å². The Bertz CT molecular complexity index is 1130. The number of nitrogens with zero attached hydrogens (tertiary/aromatic N) is 1. The number of nitrogens with one attached hydrogen (secondary N) is 2. The molecular weight excluding hydrogens is 488 g/mol. The van der Waals surface area contributed by atoms with E-state index in [1.165, 1.54) is 0 Å². The second-order valence-electron chi connectivity index (χ2n) is 10.0. The summed E-state index contributed by atoms with van der Waals surface area (Å²) in [5.41, 5.74) is 2.30. The van der Waals surface area contributed by atoms with E-state index in [0.29, 0.717) is 23.7 Å². The van der Waals surface area contributed by atoms with Gasteiger partial charge in [-0.05, 0) is 48.7 Å². The van der Waals surface area contributed by atoms with Gasteiger partial charge in [0.15, 0.2) is 0 Å². The van der Waals surface area contributed by atoms with Gasteiger partial charge in [0.25, 0.3) is 5.91 Å². The Morgan fingerprint density at radius 1 is 1.17 bits per heavy atom. The Hall–Kier alpha value is -2.71. The molecule has 1 saturated heterocycles. The molecule has 0 spiro atoms. The molecule has 1 saturated carbocycles. The summed E-state index contributed by atoms with van der Waals surface area (Å²) in [6.45, 7) is 0.961. The molecule has 192 valence electrons. The van der Waals surface area contributed by atoms with Gasteiger partial charge in [-0.1, -0.05) is 29.8 Å². The summed E-state index contributed by atoms with van der Waals surface area (Å²) in [5.74, 6) is -4.57. The summed E-state index contributed by atoms with van der Waals surface area (Å²) in [6.07, 6.45) is -0.157. The number of rotatable bonds is 5. The maximum atomic E-state index is 14.6. The molecule has 0 unspecified atom stereocenters. The first-order valence-electron chi connectivity index (χ1n) is 12.4. The third-order valence-electron chi connectivity index (χ3n) is 7.78. The van der Waals surface area contributed by atoms with Gasteiger partial charge in [0.05, 0.1) is 24.6 Å². The smallest absolute Gasteiger partial charge is 0.251 e. The average molecular weight is 518 g/mol. The molecular formula is C27H30ClF2N3O3. The summed E-state index contributed by atoms with van der Waals surface area (Å²) >= 11 is 5.92. The molecule has 2 aromatic carbocycles. The van der Waals surface area contributed by atoms with Crippen LogP contribution < -0.4 is 10.6 Å². The van der Waals surface area contributed by atoms with Crippen molar-refractivity contribution in [2.75, 3.05) is 25.6 Å². The van der Waals surface area contributed by atoms with Gasteiger partial charge >= 0.3 is 0 Å². The molecule has 9 heteroatoms. The lowest BCUT2D eigenvalue weighted by molar-refractivity contribution is -0.146. The Morgan fingerprint density at radius 3 is 2.67 bits per heavy atom. The molecule has 0 bridgehead atoms. The SMILES string of the molecule is COC[C@@H]1Nc2ccccc2[C@H]2[C@@H]1CCN2C(=O)[C@H]1CC(F)(F)CC[C@H]1NC(=O)c1ccc(Cl)cc1. The van der Waals surface area contributed by atoms with Crippen LogP contribution >= 0.6 is 11.6 Å². The van der Waals surface area contributed by atoms with Crippen LogP contribution in [0.2, 0.25) is 5.02 Å². The predicted molar refractivity (Wildman–Crippen MR) is 133 cm³/mol. The molecule has 3 aliphatic rings. The van der Waals surface area contributed by atoms with Gasteiger partial charge in [-0.2, -0.15) is 0 Å². The number of anilines is 1. The van der Waals surface area contributed by atoms with Gasteiger partial charge in [-0.15, -0.1) is 0 Å². The highest BCUT2D eigenvalue weighted by atomic mass is 35.5. The van der Waals surface area contributed by atoms with Gasteiger partial charge in [0, 0.05) is 54.7 Å². The van der Waals surface area contributed by atoms with Gasteiger partial charge in [0.1, 0.15) is 0 Å². The molecule has 2 fully saturated rings. The number of methoxy groups -OCH3 is 1. The molecule has 5 rings (SSSR count). The molecule has 2 amide bonds. The largest absolute Gasteiger partial charge is 0.383 e. The molecule has 2 aromatic rings. The van der Waals surface area contributed by atoms with E-state index in [1.807, 2.05) is 24.3 Å². The van der Waals surface area contributed by atoms with Crippen molar-refractivity contribution < 1.29 is 23.1 Å². The van der Waals surface area contributed by atoms with Crippen LogP contribution in [0.5, 0.6) is 0 Å². The fraction of sp³-hybridized carbons (Fsp3) is 0.481. The van der Waals surface area contributed by atoms with E-state index < -0.39 is 30.2 Å². The highest BCUT2D eigenvalue weighted by molar-refractivity contribution is 6.30. The standard InChI is InChI=1S/C27H30ClF2N3O3/c1-36-15-23-19-11-13-33(24(19)18-4-2-3-5-21(18)31-23)26(35)20-14-27(29,30)12-10-22(20)32-25(34)16-6-8-17(28)9-7-16/h2-9,19-20,22-24,31H,10-15H2,1H3,(H,32,34)/t19-,20+,22-,23+,24+/m1/s1. The van der Waals surface area contributed by atoms with Crippen molar-refractivity contribution >= 4 is 29.1 Å². The summed E-state index contributed by atoms with van der Waals surface area (Å²) in [5, 5.41) is 6.90. The fourth-order valence-corrected chi connectivity index (χ4v) is 6.18. The molecule has 36 heavy (non-hydrogen) atoms. The molecule has 0 radical (unpaired) electrons. The van der Waals surface area contributed by atoms with Crippen molar-refractivity contribution in [2.45, 2.75) is 49.7 Å². The van der Waals surface area contributed by atoms with Gasteiger partial charge in [0.2, 0.25) is 11.8 Å². The summed E-state index contributed by atoms with van der Waals surface area (Å²) in [7, 11) is 1.65. The highest BCUT2D eigenvalue weighted by Gasteiger charge is 2.51. The fourth-order valence-electron chi connectivity index (χ4n) is 6.05. The zero-order chi connectivity index (χ0) is 25.4. The number of alkyl halides is 2. The summed E-state index contributed by atoms with van der Waals surface area (Å²) in [4.78, 5) is 28.6. The van der Waals surface area contributed by atoms with Crippen LogP contribution in [0.1, 0.15) is 47.6 Å². The van der Waals surface area contributed by atoms with Gasteiger partial charge in [-0.25, -0.2) is 8.78 Å². The van der Waals surface area contributed by atoms with E-state index in [2.05, 4.69) is 10.6 Å². The van der Waals surface area contributed by atoms with E-state index >= 15 is 0 Å². The molecule has 1 aliphatic carbocycles. The number of hydrogen-bond acceptors (Lipinski definition) is 4. The van der Waals surface area contributed by atoms with Crippen LogP contribution in [0.15, 0.2) is 48.5 Å². The van der Waals surface area contributed by atoms with Crippen LogP contribution in [0.3, 0.4) is 0 Å². The number of carbonyl (C=O) groups excluding carboxylic acids is 2. The zero-order valence-corrected chi connectivity index (χ0v) is 20.8. The number of benzene rings is 2. The molecule has 2 N–H and O–H groups in total. The lowest BCUT2D eigenvalue weighted by Crippen LogP contribution is -2.53. The van der Waals surface area contributed by atoms with E-state index in [0.717, 1.165) is 17.7 Å². The summed E-state index contributed by atoms with van der Waals surface area (Å²) < 4.78 is 34.6. The minimum absolute atomic E-state index is 0.0147. The number of halogens is 3. The molecule has 2 heterocycles. The Kier molecular flexibility index (Phi) is 6.92. The summed E-state index contributed by atoms with van der Waals surface area (Å²) in [6, 6.07) is 13.3. The van der Waals surface area contributed by atoms with E-state index in [9.17, 15) is 18.4 Å². The van der Waals surface area contributed by atoms with Crippen molar-refractivity contribution in [3.8, 4) is 0 Å². The Morgan fingerprint density at radius 2 is 1.92 bits per heavy atom. The van der Waals surface area contributed by atoms with Crippen molar-refractivity contribution in [1.29, 1.82) is 0 Å². The quantitative estimate of drug-likeness (QED) is 0.591. The number of hydrogen-bond donors (Lipinski definition) is 2. The first kappa shape index (κ1) is 25.0. The number of ether oxygens (including phenoxy) is 1. The van der Waals surface area contributed by atoms with Crippen molar-refractivity contribution in [2.24, 2.45) is 11.8 Å². The predicted octanol–water partition coefficient (Wildman–Crippen LogP) is 4.90. The van der Waals surface area contributed by atoms with Gasteiger partial charge < -0.3 is 20.3 Å². The lowest BCUT2D eigenvalue weighted by Gasteiger charge is -2.42. The third-order valence-corrected chi connectivity index (χ3v) is 8.03. The second-order valence-corrected chi connectivity index (χ2v) is 10.5. The minimum Gasteiger partial charge on any atom is -0.383 e. The average Bonchev–Trinajstić information content (AvgIpc) is 3.31. The first-order valence-corrected chi connectivity index (χ1v) is 12.7. The number of fused-ring (bicyclic) bond motifs is 3. The molecule has 5 atom stereocenters. The van der Waals surface area contributed by atoms with Crippen LogP contribution in [-0.2, 0) is 9.53 Å². The monoisotopic (exact) mass is 517 g/mol. The molecule has 0 aromatic heterocycles. The van der Waals surface area contributed by atoms with E-state index in [4.69, 9.17) is 16.3 Å². The van der Waals surface area contributed by atoms with Gasteiger partial charge in [-0.3, -0.25) is 9.59 Å². The first-order chi connectivity index (χ1) is 17.3. The van der Waals surface area contributed by atoms with E-state index in [1.54, 1.807) is 36.3 Å². The van der Waals surface area contributed by atoms with Crippen molar-refractivity contribution in [3.05, 3.63) is 64.7 Å². The Labute approximate surface area is 214 Å². The second kappa shape index (κ2) is 9.98. The van der Waals surface area contributed by atoms with Crippen LogP contribution in [0, 0.1) is 11.8 Å². The van der Waals surface area contributed by atoms with E-state index in [-0.39, 0.29) is 36.8 Å². The number of likely N-dealkylation sites (tertiary alicyclic amines) is 1. The van der Waals surface area contributed by atoms with Crippen molar-refractivity contribution in [3.63, 3.8) is 0 Å². The number of para-hydroxylation sites is 1. The maximum Gasteiger partial charge on any atom is 0.251 e. The number of carbonyl (C=O) groups is 2. The lowest BCUT2D eigenvalue weighted by atomic mass is 9.79. The highest BCUT2D eigenvalue weighted by Crippen LogP contribution is 2.48. The normalized spacial score (nSPS) is 28.6. The topological polar surface area (TPSA) is 70.7 Å². The Balaban J connectivity index is 1.41. The minimum atomic E-state index is -2.95. The van der Waals surface area contributed by atoms with Crippen LogP contribution in [-0.4, -0.2) is 55.0 Å². The third kappa shape index (κ3) is 4.81. The zero-order valence-electron chi connectivity index (χ0n) is 20.1. The molecule has 2 aliphatic heterocycles. The number of amides is 2.